The van der Waals surface area contributed by atoms with Crippen molar-refractivity contribution in [2.24, 2.45) is 13.0 Å². The summed E-state index contributed by atoms with van der Waals surface area (Å²) in [6.07, 6.45) is -2.03. The van der Waals surface area contributed by atoms with E-state index in [0.717, 1.165) is 0 Å². The van der Waals surface area contributed by atoms with Gasteiger partial charge in [0.2, 0.25) is 0 Å². The fourth-order valence-electron chi connectivity index (χ4n) is 3.66. The third kappa shape index (κ3) is 4.34. The van der Waals surface area contributed by atoms with Crippen molar-refractivity contribution >= 4 is 27.8 Å². The van der Waals surface area contributed by atoms with Crippen molar-refractivity contribution in [1.82, 2.24) is 14.9 Å². The highest BCUT2D eigenvalue weighted by molar-refractivity contribution is 6.06. The lowest BCUT2D eigenvalue weighted by atomic mass is 10.0. The molecule has 160 valence electrons. The Morgan fingerprint density at radius 3 is 2.67 bits per heavy atom. The Morgan fingerprint density at radius 1 is 1.27 bits per heavy atom. The first kappa shape index (κ1) is 21.5. The molecule has 0 saturated carbocycles. The first-order valence-corrected chi connectivity index (χ1v) is 9.50. The highest BCUT2D eigenvalue weighted by Crippen LogP contribution is 2.30. The Bertz CT molecular complexity index is 1150. The van der Waals surface area contributed by atoms with E-state index in [1.807, 2.05) is 6.92 Å². The molecule has 7 nitrogen and oxygen atoms in total. The van der Waals surface area contributed by atoms with Gasteiger partial charge in [-0.25, -0.2) is 13.6 Å². The minimum Gasteiger partial charge on any atom is -0.493 e. The van der Waals surface area contributed by atoms with Gasteiger partial charge in [0.15, 0.2) is 0 Å². The molecule has 0 bridgehead atoms. The molecular formula is C21H23F2N3O4. The number of hydrogen-bond donors (Lipinski definition) is 2. The number of halogens is 2. The van der Waals surface area contributed by atoms with Gasteiger partial charge in [-0.05, 0) is 37.5 Å². The van der Waals surface area contributed by atoms with Gasteiger partial charge < -0.3 is 19.7 Å². The zero-order valence-corrected chi connectivity index (χ0v) is 16.9. The van der Waals surface area contributed by atoms with Crippen molar-refractivity contribution in [2.75, 3.05) is 6.61 Å². The standard InChI is InChI=1S/C21H23F2N3O4/c1-11(8-12(2)25-21(28)29)10-30-13-4-5-14-15-6-7-24-18(19(22)23)17(15)20(27)26(3)16(14)9-13/h4-7,9,11-12,19,25H,8,10H2,1-3H3,(H,28,29). The van der Waals surface area contributed by atoms with Crippen molar-refractivity contribution in [1.29, 1.82) is 0 Å². The SMILES string of the molecule is CC(COc1ccc2c3ccnc(C(F)F)c3c(=O)n(C)c2c1)CC(C)NC(=O)O. The van der Waals surface area contributed by atoms with Crippen LogP contribution in [0.15, 0.2) is 35.3 Å². The first-order chi connectivity index (χ1) is 14.2. The molecule has 0 spiro atoms. The van der Waals surface area contributed by atoms with E-state index >= 15 is 0 Å². The van der Waals surface area contributed by atoms with Crippen LogP contribution in [0.5, 0.6) is 5.75 Å². The molecule has 2 aromatic heterocycles. The maximum atomic E-state index is 13.3. The van der Waals surface area contributed by atoms with E-state index in [9.17, 15) is 18.4 Å². The zero-order valence-electron chi connectivity index (χ0n) is 16.9. The molecule has 0 saturated heterocycles. The quantitative estimate of drug-likeness (QED) is 0.563. The van der Waals surface area contributed by atoms with Crippen LogP contribution in [0.2, 0.25) is 0 Å². The van der Waals surface area contributed by atoms with Gasteiger partial charge in [-0.3, -0.25) is 9.78 Å². The maximum Gasteiger partial charge on any atom is 0.404 e. The number of carbonyl (C=O) groups is 1. The smallest absolute Gasteiger partial charge is 0.404 e. The third-order valence-corrected chi connectivity index (χ3v) is 4.99. The van der Waals surface area contributed by atoms with Crippen LogP contribution in [0.1, 0.15) is 32.4 Å². The number of carboxylic acid groups (broad SMARTS) is 1. The summed E-state index contributed by atoms with van der Waals surface area (Å²) in [5, 5.41) is 12.2. The van der Waals surface area contributed by atoms with Gasteiger partial charge >= 0.3 is 6.09 Å². The number of fused-ring (bicyclic) bond motifs is 3. The molecule has 2 heterocycles. The Hall–Kier alpha value is -3.23. The molecule has 1 aromatic carbocycles. The van der Waals surface area contributed by atoms with Gasteiger partial charge in [-0.15, -0.1) is 0 Å². The highest BCUT2D eigenvalue weighted by atomic mass is 19.3. The minimum atomic E-state index is -2.85. The van der Waals surface area contributed by atoms with Crippen LogP contribution >= 0.6 is 0 Å². The summed E-state index contributed by atoms with van der Waals surface area (Å²) in [6.45, 7) is 4.09. The van der Waals surface area contributed by atoms with Gasteiger partial charge in [0.05, 0.1) is 17.5 Å². The Morgan fingerprint density at radius 2 is 2.00 bits per heavy atom. The van der Waals surface area contributed by atoms with Crippen LogP contribution in [0.25, 0.3) is 21.7 Å². The second kappa shape index (κ2) is 8.64. The lowest BCUT2D eigenvalue weighted by Crippen LogP contribution is -2.33. The number of pyridine rings is 2. The number of aryl methyl sites for hydroxylation is 1. The molecule has 2 atom stereocenters. The Labute approximate surface area is 171 Å². The number of aromatic nitrogens is 2. The van der Waals surface area contributed by atoms with Crippen molar-refractivity contribution in [2.45, 2.75) is 32.7 Å². The van der Waals surface area contributed by atoms with E-state index in [4.69, 9.17) is 9.84 Å². The molecule has 3 aromatic rings. The number of alkyl halides is 2. The normalized spacial score (nSPS) is 13.5. The van der Waals surface area contributed by atoms with Crippen LogP contribution in [0.4, 0.5) is 13.6 Å². The van der Waals surface area contributed by atoms with Crippen LogP contribution in [0.3, 0.4) is 0 Å². The van der Waals surface area contributed by atoms with E-state index in [1.54, 1.807) is 31.2 Å². The van der Waals surface area contributed by atoms with Crippen molar-refractivity contribution < 1.29 is 23.4 Å². The molecule has 2 unspecified atom stereocenters. The van der Waals surface area contributed by atoms with Crippen LogP contribution in [-0.2, 0) is 7.05 Å². The molecule has 0 fully saturated rings. The number of benzene rings is 1. The highest BCUT2D eigenvalue weighted by Gasteiger charge is 2.19. The second-order valence-electron chi connectivity index (χ2n) is 7.46. The first-order valence-electron chi connectivity index (χ1n) is 9.50. The fourth-order valence-corrected chi connectivity index (χ4v) is 3.66. The van der Waals surface area contributed by atoms with Crippen LogP contribution in [-0.4, -0.2) is 33.4 Å². The number of rotatable bonds is 7. The summed E-state index contributed by atoms with van der Waals surface area (Å²) >= 11 is 0. The Kier molecular flexibility index (Phi) is 6.19. The number of ether oxygens (including phenoxy) is 1. The van der Waals surface area contributed by atoms with Crippen molar-refractivity contribution in [3.8, 4) is 5.75 Å². The maximum absolute atomic E-state index is 13.3. The van der Waals surface area contributed by atoms with Crippen molar-refractivity contribution in [3.63, 3.8) is 0 Å². The van der Waals surface area contributed by atoms with E-state index < -0.39 is 23.8 Å². The summed E-state index contributed by atoms with van der Waals surface area (Å²) in [6, 6.07) is 6.51. The molecule has 0 aliphatic rings. The Balaban J connectivity index is 1.90. The molecular weight excluding hydrogens is 396 g/mol. The lowest BCUT2D eigenvalue weighted by molar-refractivity contribution is 0.148. The molecule has 2 N–H and O–H groups in total. The summed E-state index contributed by atoms with van der Waals surface area (Å²) < 4.78 is 33.8. The fraction of sp³-hybridized carbons (Fsp3) is 0.381. The van der Waals surface area contributed by atoms with E-state index in [1.165, 1.54) is 17.8 Å². The number of amides is 1. The molecule has 0 aliphatic heterocycles. The average Bonchev–Trinajstić information content (AvgIpc) is 2.69. The minimum absolute atomic E-state index is 0.0790. The topological polar surface area (TPSA) is 93.5 Å². The summed E-state index contributed by atoms with van der Waals surface area (Å²) in [5.74, 6) is 0.619. The van der Waals surface area contributed by atoms with Gasteiger partial charge in [-0.1, -0.05) is 6.92 Å². The van der Waals surface area contributed by atoms with Gasteiger partial charge in [0, 0.05) is 36.1 Å². The predicted molar refractivity (Wildman–Crippen MR) is 109 cm³/mol. The number of nitrogens with zero attached hydrogens (tertiary/aromatic N) is 2. The third-order valence-electron chi connectivity index (χ3n) is 4.99. The van der Waals surface area contributed by atoms with Crippen LogP contribution in [0, 0.1) is 5.92 Å². The molecule has 0 radical (unpaired) electrons. The molecule has 30 heavy (non-hydrogen) atoms. The molecule has 3 rings (SSSR count). The van der Waals surface area contributed by atoms with Gasteiger partial charge in [0.1, 0.15) is 11.4 Å². The molecule has 0 aliphatic carbocycles. The summed E-state index contributed by atoms with van der Waals surface area (Å²) in [7, 11) is 1.53. The second-order valence-corrected chi connectivity index (χ2v) is 7.46. The molecule has 9 heteroatoms. The summed E-state index contributed by atoms with van der Waals surface area (Å²) in [5.41, 5.74) is -0.502. The van der Waals surface area contributed by atoms with E-state index in [0.29, 0.717) is 35.1 Å². The number of hydrogen-bond acceptors (Lipinski definition) is 4. The molecule has 1 amide bonds. The predicted octanol–water partition coefficient (Wildman–Crippen LogP) is 4.09. The van der Waals surface area contributed by atoms with E-state index in [2.05, 4.69) is 10.3 Å². The van der Waals surface area contributed by atoms with Crippen LogP contribution < -0.4 is 15.6 Å². The van der Waals surface area contributed by atoms with E-state index in [-0.39, 0.29) is 17.3 Å². The van der Waals surface area contributed by atoms with Crippen molar-refractivity contribution in [3.05, 3.63) is 46.5 Å². The lowest BCUT2D eigenvalue weighted by Gasteiger charge is -2.18. The average molecular weight is 419 g/mol. The monoisotopic (exact) mass is 419 g/mol. The van der Waals surface area contributed by atoms with Gasteiger partial charge in [-0.2, -0.15) is 0 Å². The van der Waals surface area contributed by atoms with Gasteiger partial charge in [0.25, 0.3) is 12.0 Å². The largest absolute Gasteiger partial charge is 0.493 e. The summed E-state index contributed by atoms with van der Waals surface area (Å²) in [4.78, 5) is 27.1. The zero-order chi connectivity index (χ0) is 22.0. The number of nitrogens with one attached hydrogen (secondary N) is 1.